The van der Waals surface area contributed by atoms with Crippen LogP contribution < -0.4 is 9.64 Å². The van der Waals surface area contributed by atoms with Gasteiger partial charge in [0, 0.05) is 31.0 Å². The molecule has 32 heavy (non-hydrogen) atoms. The molecule has 5 nitrogen and oxygen atoms in total. The highest BCUT2D eigenvalue weighted by Gasteiger charge is 2.17. The molecule has 0 amide bonds. The van der Waals surface area contributed by atoms with E-state index in [1.807, 2.05) is 30.3 Å². The van der Waals surface area contributed by atoms with E-state index in [1.54, 1.807) is 0 Å². The van der Waals surface area contributed by atoms with Gasteiger partial charge in [-0.25, -0.2) is 4.79 Å². The number of benzene rings is 2. The number of hydrogen-bond acceptors (Lipinski definition) is 4. The SMILES string of the molecule is CCCCOCCOc1ccc(-c2ccc3c(c2)C=C(C(=O)O)CCCN3CCC)cc1. The summed E-state index contributed by atoms with van der Waals surface area (Å²) in [4.78, 5) is 14.1. The van der Waals surface area contributed by atoms with E-state index >= 15 is 0 Å². The van der Waals surface area contributed by atoms with Crippen LogP contribution in [0.4, 0.5) is 5.69 Å². The fraction of sp³-hybridized carbons (Fsp3) is 0.444. The number of nitrogens with zero attached hydrogens (tertiary/aromatic N) is 1. The maximum absolute atomic E-state index is 11.7. The minimum atomic E-state index is -0.828. The smallest absolute Gasteiger partial charge is 0.331 e. The van der Waals surface area contributed by atoms with E-state index < -0.39 is 5.97 Å². The average molecular weight is 438 g/mol. The van der Waals surface area contributed by atoms with E-state index in [2.05, 4.69) is 36.9 Å². The van der Waals surface area contributed by atoms with Crippen LogP contribution in [-0.2, 0) is 9.53 Å². The van der Waals surface area contributed by atoms with Crippen molar-refractivity contribution in [3.8, 4) is 16.9 Å². The van der Waals surface area contributed by atoms with Gasteiger partial charge in [0.2, 0.25) is 0 Å². The first-order valence-corrected chi connectivity index (χ1v) is 11.8. The van der Waals surface area contributed by atoms with Crippen LogP contribution in [0.5, 0.6) is 5.75 Å². The summed E-state index contributed by atoms with van der Waals surface area (Å²) in [5, 5.41) is 9.59. The Labute approximate surface area is 191 Å². The van der Waals surface area contributed by atoms with Gasteiger partial charge in [-0.3, -0.25) is 0 Å². The molecule has 0 saturated carbocycles. The second-order valence-corrected chi connectivity index (χ2v) is 8.18. The summed E-state index contributed by atoms with van der Waals surface area (Å²) in [7, 11) is 0. The minimum absolute atomic E-state index is 0.476. The Bertz CT molecular complexity index is 904. The van der Waals surface area contributed by atoms with E-state index in [-0.39, 0.29) is 0 Å². The van der Waals surface area contributed by atoms with E-state index in [9.17, 15) is 9.90 Å². The Hall–Kier alpha value is -2.79. The summed E-state index contributed by atoms with van der Waals surface area (Å²) in [5.74, 6) is -0.00765. The Morgan fingerprint density at radius 3 is 2.50 bits per heavy atom. The second-order valence-electron chi connectivity index (χ2n) is 8.18. The molecule has 172 valence electrons. The van der Waals surface area contributed by atoms with Gasteiger partial charge in [0.25, 0.3) is 0 Å². The number of unbranched alkanes of at least 4 members (excludes halogenated alkanes) is 1. The van der Waals surface area contributed by atoms with E-state index in [1.165, 1.54) is 0 Å². The van der Waals surface area contributed by atoms with Crippen molar-refractivity contribution in [1.29, 1.82) is 0 Å². The van der Waals surface area contributed by atoms with Gasteiger partial charge in [-0.15, -0.1) is 0 Å². The molecule has 0 atom stereocenters. The molecule has 3 rings (SSSR count). The van der Waals surface area contributed by atoms with Crippen LogP contribution in [0.3, 0.4) is 0 Å². The first-order chi connectivity index (χ1) is 15.6. The largest absolute Gasteiger partial charge is 0.491 e. The number of carboxylic acid groups (broad SMARTS) is 1. The Kier molecular flexibility index (Phi) is 9.17. The van der Waals surface area contributed by atoms with Crippen molar-refractivity contribution < 1.29 is 19.4 Å². The molecule has 1 aliphatic rings. The van der Waals surface area contributed by atoms with Crippen LogP contribution in [0.15, 0.2) is 48.0 Å². The zero-order valence-electron chi connectivity index (χ0n) is 19.3. The third-order valence-corrected chi connectivity index (χ3v) is 5.67. The molecule has 0 radical (unpaired) electrons. The van der Waals surface area contributed by atoms with Gasteiger partial charge >= 0.3 is 5.97 Å². The van der Waals surface area contributed by atoms with Crippen LogP contribution in [0, 0.1) is 0 Å². The van der Waals surface area contributed by atoms with Crippen LogP contribution in [-0.4, -0.2) is 44.0 Å². The molecule has 1 N–H and O–H groups in total. The Morgan fingerprint density at radius 2 is 1.78 bits per heavy atom. The zero-order chi connectivity index (χ0) is 22.8. The lowest BCUT2D eigenvalue weighted by Crippen LogP contribution is -2.27. The molecular weight excluding hydrogens is 402 g/mol. The molecule has 0 aliphatic carbocycles. The lowest BCUT2D eigenvalue weighted by molar-refractivity contribution is -0.132. The number of hydrogen-bond donors (Lipinski definition) is 1. The molecule has 5 heteroatoms. The standard InChI is InChI=1S/C27H35NO4/c1-3-5-16-31-17-18-32-25-11-8-21(9-12-25)22-10-13-26-24(19-22)20-23(27(29)30)7-6-15-28(26)14-4-2/h8-13,19-20H,3-7,14-18H2,1-2H3,(H,29,30). The number of rotatable bonds is 11. The van der Waals surface area contributed by atoms with Gasteiger partial charge in [0.05, 0.1) is 6.61 Å². The lowest BCUT2D eigenvalue weighted by atomic mass is 9.97. The van der Waals surface area contributed by atoms with E-state index in [0.29, 0.717) is 25.2 Å². The third-order valence-electron chi connectivity index (χ3n) is 5.67. The molecule has 1 heterocycles. The van der Waals surface area contributed by atoms with E-state index in [4.69, 9.17) is 9.47 Å². The van der Waals surface area contributed by atoms with Gasteiger partial charge in [-0.1, -0.05) is 38.5 Å². The summed E-state index contributed by atoms with van der Waals surface area (Å²) >= 11 is 0. The summed E-state index contributed by atoms with van der Waals surface area (Å²) in [6, 6.07) is 14.4. The van der Waals surface area contributed by atoms with Crippen molar-refractivity contribution >= 4 is 17.7 Å². The Balaban J connectivity index is 1.76. The zero-order valence-corrected chi connectivity index (χ0v) is 19.3. The molecular formula is C27H35NO4. The number of aliphatic carboxylic acids is 1. The van der Waals surface area contributed by atoms with Gasteiger partial charge < -0.3 is 19.5 Å². The summed E-state index contributed by atoms with van der Waals surface area (Å²) in [5.41, 5.74) is 4.70. The van der Waals surface area contributed by atoms with Crippen molar-refractivity contribution in [2.24, 2.45) is 0 Å². The third kappa shape index (κ3) is 6.60. The minimum Gasteiger partial charge on any atom is -0.491 e. The van der Waals surface area contributed by atoms with Gasteiger partial charge in [-0.2, -0.15) is 0 Å². The van der Waals surface area contributed by atoms with Crippen molar-refractivity contribution in [2.75, 3.05) is 37.8 Å². The van der Waals surface area contributed by atoms with Crippen LogP contribution >= 0.6 is 0 Å². The first-order valence-electron chi connectivity index (χ1n) is 11.8. The first kappa shape index (κ1) is 23.9. The fourth-order valence-electron chi connectivity index (χ4n) is 3.96. The van der Waals surface area contributed by atoms with Gasteiger partial charge in [0.1, 0.15) is 12.4 Å². The maximum atomic E-state index is 11.7. The maximum Gasteiger partial charge on any atom is 0.331 e. The molecule has 0 bridgehead atoms. The molecule has 0 saturated heterocycles. The molecule has 1 aliphatic heterocycles. The summed E-state index contributed by atoms with van der Waals surface area (Å²) in [6.07, 6.45) is 6.56. The predicted molar refractivity (Wildman–Crippen MR) is 130 cm³/mol. The number of anilines is 1. The highest BCUT2D eigenvalue weighted by molar-refractivity contribution is 5.94. The number of carboxylic acids is 1. The molecule has 0 aromatic heterocycles. The fourth-order valence-corrected chi connectivity index (χ4v) is 3.96. The molecule has 2 aromatic rings. The number of fused-ring (bicyclic) bond motifs is 1. The summed E-state index contributed by atoms with van der Waals surface area (Å²) in [6.45, 7) is 8.08. The van der Waals surface area contributed by atoms with Crippen LogP contribution in [0.1, 0.15) is 51.5 Å². The van der Waals surface area contributed by atoms with Crippen molar-refractivity contribution in [1.82, 2.24) is 0 Å². The van der Waals surface area contributed by atoms with Crippen LogP contribution in [0.2, 0.25) is 0 Å². The molecule has 0 unspecified atom stereocenters. The van der Waals surface area contributed by atoms with Crippen molar-refractivity contribution in [2.45, 2.75) is 46.0 Å². The number of ether oxygens (including phenoxy) is 2. The topological polar surface area (TPSA) is 59.0 Å². The summed E-state index contributed by atoms with van der Waals surface area (Å²) < 4.78 is 11.3. The monoisotopic (exact) mass is 437 g/mol. The van der Waals surface area contributed by atoms with Crippen molar-refractivity contribution in [3.63, 3.8) is 0 Å². The molecule has 0 fully saturated rings. The van der Waals surface area contributed by atoms with E-state index in [0.717, 1.165) is 73.5 Å². The number of carbonyl (C=O) groups is 1. The predicted octanol–water partition coefficient (Wildman–Crippen LogP) is 6.03. The normalized spacial score (nSPS) is 13.7. The average Bonchev–Trinajstić information content (AvgIpc) is 2.79. The molecule has 2 aromatic carbocycles. The second kappa shape index (κ2) is 12.3. The quantitative estimate of drug-likeness (QED) is 0.435. The molecule has 0 spiro atoms. The highest BCUT2D eigenvalue weighted by atomic mass is 16.5. The highest BCUT2D eigenvalue weighted by Crippen LogP contribution is 2.32. The van der Waals surface area contributed by atoms with Crippen LogP contribution in [0.25, 0.3) is 17.2 Å². The Morgan fingerprint density at radius 1 is 1.00 bits per heavy atom. The lowest BCUT2D eigenvalue weighted by Gasteiger charge is -2.28. The van der Waals surface area contributed by atoms with Crippen molar-refractivity contribution in [3.05, 3.63) is 53.6 Å². The van der Waals surface area contributed by atoms with Gasteiger partial charge in [0.15, 0.2) is 0 Å². The van der Waals surface area contributed by atoms with Gasteiger partial charge in [-0.05, 0) is 72.7 Å².